The van der Waals surface area contributed by atoms with Crippen LogP contribution in [0, 0.1) is 12.7 Å². The quantitative estimate of drug-likeness (QED) is 0.174. The van der Waals surface area contributed by atoms with Gasteiger partial charge in [0.1, 0.15) is 17.3 Å². The molecular weight excluding hydrogens is 652 g/mol. The average Bonchev–Trinajstić information content (AvgIpc) is 3.69. The molecule has 2 aromatic carbocycles. The number of nitrogen functional groups attached to an aromatic ring is 1. The molecule has 1 aliphatic carbocycles. The third-order valence-electron chi connectivity index (χ3n) is 8.31. The van der Waals surface area contributed by atoms with Gasteiger partial charge in [0.05, 0.1) is 16.8 Å². The number of hydrogen-bond acceptors (Lipinski definition) is 10. The van der Waals surface area contributed by atoms with Crippen molar-refractivity contribution < 1.29 is 17.6 Å². The van der Waals surface area contributed by atoms with Gasteiger partial charge < -0.3 is 16.4 Å². The molecule has 0 aliphatic heterocycles. The van der Waals surface area contributed by atoms with Crippen LogP contribution in [0.25, 0.3) is 33.7 Å². The van der Waals surface area contributed by atoms with Gasteiger partial charge in [-0.05, 0) is 50.8 Å². The summed E-state index contributed by atoms with van der Waals surface area (Å²) in [6, 6.07) is 19.0. The molecule has 0 unspecified atom stereocenters. The van der Waals surface area contributed by atoms with E-state index in [1.54, 1.807) is 17.5 Å². The van der Waals surface area contributed by atoms with Gasteiger partial charge in [-0.1, -0.05) is 48.0 Å². The van der Waals surface area contributed by atoms with Crippen LogP contribution in [-0.2, 0) is 10.0 Å². The summed E-state index contributed by atoms with van der Waals surface area (Å²) in [5.74, 6) is -0.171. The van der Waals surface area contributed by atoms with Crippen molar-refractivity contribution in [3.8, 4) is 22.6 Å². The Balaban J connectivity index is 1.26. The maximum absolute atomic E-state index is 14.7. The molecule has 4 N–H and O–H groups in total. The number of aromatic nitrogens is 5. The minimum Gasteiger partial charge on any atom is -0.375 e. The second-order valence-corrected chi connectivity index (χ2v) is 14.5. The zero-order valence-corrected chi connectivity index (χ0v) is 27.4. The van der Waals surface area contributed by atoms with E-state index in [0.29, 0.717) is 34.3 Å². The van der Waals surface area contributed by atoms with E-state index in [9.17, 15) is 17.6 Å². The first-order valence-electron chi connectivity index (χ1n) is 15.4. The number of hydrogen-bond donors (Lipinski definition) is 3. The van der Waals surface area contributed by atoms with Crippen LogP contribution in [0.3, 0.4) is 0 Å². The Hall–Kier alpha value is -5.21. The molecule has 4 heterocycles. The fraction of sp³-hybridized carbons (Fsp3) is 0.206. The molecule has 1 fully saturated rings. The number of nitrogens with zero attached hydrogens (tertiary/aromatic N) is 5. The number of anilines is 2. The van der Waals surface area contributed by atoms with Crippen LogP contribution in [0.4, 0.5) is 15.3 Å². The van der Waals surface area contributed by atoms with E-state index >= 15 is 0 Å². The van der Waals surface area contributed by atoms with Gasteiger partial charge in [-0.15, -0.1) is 11.3 Å². The fourth-order valence-corrected chi connectivity index (χ4v) is 7.82. The summed E-state index contributed by atoms with van der Waals surface area (Å²) in [4.78, 5) is 30.8. The molecule has 244 valence electrons. The molecular formula is C34H31FN8O3S2. The lowest BCUT2D eigenvalue weighted by molar-refractivity contribution is 0.0922. The topological polar surface area (TPSA) is 158 Å². The highest BCUT2D eigenvalue weighted by Gasteiger charge is 2.27. The molecule has 0 spiro atoms. The zero-order chi connectivity index (χ0) is 33.4. The fourth-order valence-electron chi connectivity index (χ4n) is 5.95. The summed E-state index contributed by atoms with van der Waals surface area (Å²) in [7, 11) is -4.10. The van der Waals surface area contributed by atoms with Crippen LogP contribution < -0.4 is 16.4 Å². The summed E-state index contributed by atoms with van der Waals surface area (Å²) < 4.78 is 43.4. The molecule has 0 saturated heterocycles. The van der Waals surface area contributed by atoms with E-state index in [4.69, 9.17) is 15.7 Å². The van der Waals surface area contributed by atoms with Crippen LogP contribution in [0.2, 0.25) is 0 Å². The van der Waals surface area contributed by atoms with E-state index in [1.165, 1.54) is 35.7 Å². The number of fused-ring (bicyclic) bond motifs is 1. The second kappa shape index (κ2) is 12.8. The Kier molecular flexibility index (Phi) is 8.35. The van der Waals surface area contributed by atoms with Gasteiger partial charge in [-0.25, -0.2) is 36.7 Å². The summed E-state index contributed by atoms with van der Waals surface area (Å²) >= 11 is 1.22. The van der Waals surface area contributed by atoms with E-state index in [2.05, 4.69) is 20.6 Å². The summed E-state index contributed by atoms with van der Waals surface area (Å²) in [5, 5.41) is 8.83. The third-order valence-corrected chi connectivity index (χ3v) is 10.6. The average molecular weight is 683 g/mol. The molecule has 1 aliphatic rings. The Morgan fingerprint density at radius 3 is 2.54 bits per heavy atom. The number of carbonyl (C=O) groups is 1. The van der Waals surface area contributed by atoms with E-state index in [1.807, 2.05) is 43.3 Å². The molecule has 0 radical (unpaired) electrons. The molecule has 1 saturated carbocycles. The van der Waals surface area contributed by atoms with Crippen molar-refractivity contribution in [3.63, 3.8) is 0 Å². The van der Waals surface area contributed by atoms with Crippen molar-refractivity contribution in [1.29, 1.82) is 0 Å². The SMILES string of the molecule is Cc1ccc(S(=O)(=O)n2cc(-c3nc(N[C@@H]4CCC[C@H](NC(=O)c5csc(N)n5)C4)cc(-c4ccccc4)n3)c3cc(F)cnc32)cc1. The Morgan fingerprint density at radius 1 is 1.02 bits per heavy atom. The normalized spacial score (nSPS) is 16.5. The minimum absolute atomic E-state index is 0.0294. The first kappa shape index (κ1) is 31.4. The van der Waals surface area contributed by atoms with Gasteiger partial charge in [0.15, 0.2) is 16.6 Å². The monoisotopic (exact) mass is 682 g/mol. The molecule has 0 bridgehead atoms. The number of benzene rings is 2. The van der Waals surface area contributed by atoms with Crippen LogP contribution in [-0.4, -0.2) is 50.3 Å². The predicted molar refractivity (Wildman–Crippen MR) is 184 cm³/mol. The minimum atomic E-state index is -4.10. The summed E-state index contributed by atoms with van der Waals surface area (Å²) in [6.07, 6.45) is 5.58. The highest BCUT2D eigenvalue weighted by atomic mass is 32.2. The smallest absolute Gasteiger partial charge is 0.271 e. The first-order chi connectivity index (χ1) is 23.1. The van der Waals surface area contributed by atoms with Crippen molar-refractivity contribution in [1.82, 2.24) is 29.2 Å². The number of halogens is 1. The first-order valence-corrected chi connectivity index (χ1v) is 17.7. The van der Waals surface area contributed by atoms with Crippen molar-refractivity contribution in [2.45, 2.75) is 49.6 Å². The highest BCUT2D eigenvalue weighted by molar-refractivity contribution is 7.90. The van der Waals surface area contributed by atoms with Crippen LogP contribution in [0.15, 0.2) is 89.4 Å². The number of aryl methyl sites for hydroxylation is 1. The molecule has 6 aromatic rings. The Labute approximate surface area is 280 Å². The van der Waals surface area contributed by atoms with Crippen LogP contribution in [0.5, 0.6) is 0 Å². The standard InChI is InChI=1S/C34H31FN8O3S2/c1-20-10-12-25(13-11-20)48(45,46)43-18-27(26-14-22(35)17-37-32(26)43)31-40-28(21-6-3-2-4-7-21)16-30(42-31)38-23-8-5-9-24(15-23)39-33(44)29-19-47-34(36)41-29/h2-4,6-7,10-14,16-19,23-24H,5,8-9,15H2,1H3,(H2,36,41)(H,39,44)(H,38,40,42)/t23-,24+/m1/s1. The summed E-state index contributed by atoms with van der Waals surface area (Å²) in [5.41, 5.74) is 8.71. The van der Waals surface area contributed by atoms with Gasteiger partial charge in [-0.3, -0.25) is 4.79 Å². The van der Waals surface area contributed by atoms with Gasteiger partial charge in [0, 0.05) is 46.2 Å². The van der Waals surface area contributed by atoms with Crippen molar-refractivity contribution >= 4 is 49.3 Å². The largest absolute Gasteiger partial charge is 0.375 e. The lowest BCUT2D eigenvalue weighted by Gasteiger charge is -2.30. The molecule has 1 amide bonds. The molecule has 7 rings (SSSR count). The molecule has 14 heteroatoms. The predicted octanol–water partition coefficient (Wildman–Crippen LogP) is 6.04. The molecule has 11 nitrogen and oxygen atoms in total. The Bertz CT molecular complexity index is 2240. The second-order valence-electron chi connectivity index (χ2n) is 11.8. The van der Waals surface area contributed by atoms with Gasteiger partial charge in [-0.2, -0.15) is 0 Å². The molecule has 2 atom stereocenters. The van der Waals surface area contributed by atoms with Gasteiger partial charge in [0.25, 0.3) is 15.9 Å². The maximum atomic E-state index is 14.7. The number of rotatable bonds is 8. The summed E-state index contributed by atoms with van der Waals surface area (Å²) in [6.45, 7) is 1.87. The van der Waals surface area contributed by atoms with Gasteiger partial charge >= 0.3 is 0 Å². The van der Waals surface area contributed by atoms with E-state index < -0.39 is 15.8 Å². The van der Waals surface area contributed by atoms with Crippen molar-refractivity contribution in [3.05, 3.63) is 102 Å². The third kappa shape index (κ3) is 6.36. The van der Waals surface area contributed by atoms with Crippen molar-refractivity contribution in [2.75, 3.05) is 11.1 Å². The number of nitrogens with two attached hydrogens (primary N) is 1. The molecule has 48 heavy (non-hydrogen) atoms. The van der Waals surface area contributed by atoms with Gasteiger partial charge in [0.2, 0.25) is 0 Å². The van der Waals surface area contributed by atoms with E-state index in [0.717, 1.165) is 40.6 Å². The number of pyridine rings is 1. The maximum Gasteiger partial charge on any atom is 0.271 e. The number of thiazole rings is 1. The number of carbonyl (C=O) groups excluding carboxylic acids is 1. The number of amides is 1. The highest BCUT2D eigenvalue weighted by Crippen LogP contribution is 2.34. The lowest BCUT2D eigenvalue weighted by Crippen LogP contribution is -2.42. The van der Waals surface area contributed by atoms with E-state index in [-0.39, 0.29) is 39.7 Å². The Morgan fingerprint density at radius 2 is 1.79 bits per heavy atom. The van der Waals surface area contributed by atoms with Crippen LogP contribution in [0.1, 0.15) is 41.7 Å². The molecule has 4 aromatic heterocycles. The van der Waals surface area contributed by atoms with Crippen molar-refractivity contribution in [2.24, 2.45) is 0 Å². The van der Waals surface area contributed by atoms with Crippen LogP contribution >= 0.6 is 11.3 Å². The zero-order valence-electron chi connectivity index (χ0n) is 25.8. The number of nitrogens with one attached hydrogen (secondary N) is 2. The lowest BCUT2D eigenvalue weighted by atomic mass is 9.91.